The van der Waals surface area contributed by atoms with Crippen molar-refractivity contribution in [3.63, 3.8) is 0 Å². The average Bonchev–Trinajstić information content (AvgIpc) is 3.12. The maximum atomic E-state index is 15.2. The van der Waals surface area contributed by atoms with Crippen LogP contribution in [0.15, 0.2) is 18.3 Å². The molecule has 1 aliphatic heterocycles. The number of hydrogen-bond acceptors (Lipinski definition) is 6. The molecule has 1 amide bonds. The van der Waals surface area contributed by atoms with Crippen LogP contribution in [0.5, 0.6) is 5.88 Å². The Balaban J connectivity index is 1.19. The van der Waals surface area contributed by atoms with E-state index >= 15 is 4.39 Å². The minimum Gasteiger partial charge on any atom is -0.468 e. The van der Waals surface area contributed by atoms with E-state index in [-0.39, 0.29) is 23.7 Å². The van der Waals surface area contributed by atoms with Gasteiger partial charge >= 0.3 is 6.18 Å². The zero-order chi connectivity index (χ0) is 25.7. The van der Waals surface area contributed by atoms with Gasteiger partial charge in [0.15, 0.2) is 6.61 Å². The molecule has 1 fully saturated rings. The van der Waals surface area contributed by atoms with Crippen LogP contribution >= 0.6 is 11.3 Å². The van der Waals surface area contributed by atoms with Crippen LogP contribution in [-0.4, -0.2) is 65.4 Å². The van der Waals surface area contributed by atoms with Crippen molar-refractivity contribution in [1.82, 2.24) is 20.2 Å². The number of rotatable bonds is 8. The van der Waals surface area contributed by atoms with E-state index in [1.165, 1.54) is 17.4 Å². The molecule has 0 radical (unpaired) electrons. The summed E-state index contributed by atoms with van der Waals surface area (Å²) in [6.07, 6.45) is 0.943. The first-order valence-electron chi connectivity index (χ1n) is 12.4. The van der Waals surface area contributed by atoms with Gasteiger partial charge in [-0.2, -0.15) is 13.2 Å². The Hall–Kier alpha value is -2.27. The Morgan fingerprint density at radius 1 is 1.22 bits per heavy atom. The van der Waals surface area contributed by atoms with E-state index in [1.807, 2.05) is 6.92 Å². The number of alkyl halides is 4. The highest BCUT2D eigenvalue weighted by atomic mass is 32.1. The van der Waals surface area contributed by atoms with Crippen molar-refractivity contribution in [3.8, 4) is 5.88 Å². The molecule has 11 heteroatoms. The predicted molar refractivity (Wildman–Crippen MR) is 129 cm³/mol. The Bertz CT molecular complexity index is 1020. The number of hydrogen-bond donors (Lipinski definition) is 1. The molecule has 6 nitrogen and oxygen atoms in total. The minimum absolute atomic E-state index is 0.0106. The van der Waals surface area contributed by atoms with Crippen LogP contribution in [-0.2, 0) is 24.1 Å². The van der Waals surface area contributed by atoms with Gasteiger partial charge in [-0.1, -0.05) is 6.07 Å². The molecule has 0 bridgehead atoms. The van der Waals surface area contributed by atoms with E-state index in [1.54, 1.807) is 12.3 Å². The van der Waals surface area contributed by atoms with Crippen LogP contribution < -0.4 is 10.1 Å². The number of aromatic nitrogens is 2. The van der Waals surface area contributed by atoms with E-state index in [4.69, 9.17) is 4.74 Å². The summed E-state index contributed by atoms with van der Waals surface area (Å²) in [6, 6.07) is 3.31. The zero-order valence-electron chi connectivity index (χ0n) is 20.3. The number of thiazole rings is 1. The van der Waals surface area contributed by atoms with Crippen molar-refractivity contribution in [2.75, 3.05) is 26.2 Å². The number of carbonyl (C=O) groups excluding carboxylic acids is 1. The van der Waals surface area contributed by atoms with E-state index in [0.717, 1.165) is 46.8 Å². The lowest BCUT2D eigenvalue weighted by Gasteiger charge is -2.33. The Kier molecular flexibility index (Phi) is 8.82. The molecule has 198 valence electrons. The van der Waals surface area contributed by atoms with E-state index in [0.29, 0.717) is 38.9 Å². The highest BCUT2D eigenvalue weighted by molar-refractivity contribution is 7.11. The van der Waals surface area contributed by atoms with Crippen LogP contribution in [0.25, 0.3) is 0 Å². The van der Waals surface area contributed by atoms with Crippen molar-refractivity contribution >= 4 is 17.2 Å². The molecular formula is C25H32F4N4O2S. The molecule has 0 unspecified atom stereocenters. The van der Waals surface area contributed by atoms with Gasteiger partial charge < -0.3 is 10.1 Å². The molecule has 4 rings (SSSR count). The molecule has 2 aromatic rings. The third-order valence-corrected chi connectivity index (χ3v) is 7.79. The highest BCUT2D eigenvalue weighted by Gasteiger charge is 2.31. The van der Waals surface area contributed by atoms with Gasteiger partial charge in [-0.25, -0.2) is 14.4 Å². The highest BCUT2D eigenvalue weighted by Crippen LogP contribution is 2.30. The fourth-order valence-electron chi connectivity index (χ4n) is 4.97. The Morgan fingerprint density at radius 2 is 1.97 bits per heavy atom. The first-order chi connectivity index (χ1) is 17.1. The molecule has 1 aliphatic carbocycles. The van der Waals surface area contributed by atoms with Crippen LogP contribution in [0.1, 0.15) is 46.8 Å². The summed E-state index contributed by atoms with van der Waals surface area (Å²) in [6.45, 7) is 2.16. The number of nitrogens with one attached hydrogen (secondary N) is 1. The molecule has 1 atom stereocenters. The van der Waals surface area contributed by atoms with E-state index in [2.05, 4.69) is 20.2 Å². The summed E-state index contributed by atoms with van der Waals surface area (Å²) < 4.78 is 57.2. The van der Waals surface area contributed by atoms with Crippen molar-refractivity contribution in [3.05, 3.63) is 39.5 Å². The maximum absolute atomic E-state index is 15.2. The van der Waals surface area contributed by atoms with Crippen LogP contribution in [0.2, 0.25) is 0 Å². The zero-order valence-corrected chi connectivity index (χ0v) is 21.1. The third-order valence-electron chi connectivity index (χ3n) is 6.87. The van der Waals surface area contributed by atoms with Gasteiger partial charge in [0.1, 0.15) is 6.17 Å². The molecular weight excluding hydrogens is 496 g/mol. The second kappa shape index (κ2) is 11.9. The molecule has 0 aromatic carbocycles. The number of ether oxygens (including phenoxy) is 1. The number of carbonyl (C=O) groups is 1. The maximum Gasteiger partial charge on any atom is 0.422 e. The second-order valence-electron chi connectivity index (χ2n) is 9.68. The average molecular weight is 529 g/mol. The normalized spacial score (nSPS) is 21.9. The smallest absolute Gasteiger partial charge is 0.422 e. The van der Waals surface area contributed by atoms with Gasteiger partial charge in [-0.05, 0) is 50.5 Å². The molecule has 1 saturated carbocycles. The molecule has 36 heavy (non-hydrogen) atoms. The number of aryl methyl sites for hydroxylation is 1. The second-order valence-corrected chi connectivity index (χ2v) is 11.0. The van der Waals surface area contributed by atoms with Crippen LogP contribution in [0, 0.1) is 12.8 Å². The minimum atomic E-state index is -4.41. The van der Waals surface area contributed by atoms with E-state index in [9.17, 15) is 18.0 Å². The molecule has 3 heterocycles. The number of fused-ring (bicyclic) bond motifs is 1. The van der Waals surface area contributed by atoms with Crippen LogP contribution in [0.4, 0.5) is 17.6 Å². The molecule has 2 aliphatic rings. The van der Waals surface area contributed by atoms with Gasteiger partial charge in [-0.15, -0.1) is 11.3 Å². The summed E-state index contributed by atoms with van der Waals surface area (Å²) in [5, 5.41) is 4.03. The van der Waals surface area contributed by atoms with Gasteiger partial charge in [0.2, 0.25) is 11.8 Å². The van der Waals surface area contributed by atoms with Gasteiger partial charge in [-0.3, -0.25) is 9.69 Å². The number of pyridine rings is 1. The number of halogens is 4. The lowest BCUT2D eigenvalue weighted by Crippen LogP contribution is -2.41. The summed E-state index contributed by atoms with van der Waals surface area (Å²) in [5.74, 6) is -0.0778. The SMILES string of the molecule is Cc1ncc(CC(=O)NC2CCC([C@@H](F)CN3CCc4ccc(OCC(F)(F)F)nc4CC3)CC2)s1. The monoisotopic (exact) mass is 528 g/mol. The van der Waals surface area contributed by atoms with Gasteiger partial charge in [0, 0.05) is 54.9 Å². The topological polar surface area (TPSA) is 67.4 Å². The fourth-order valence-corrected chi connectivity index (χ4v) is 5.77. The van der Waals surface area contributed by atoms with Gasteiger partial charge in [0.05, 0.1) is 11.4 Å². The summed E-state index contributed by atoms with van der Waals surface area (Å²) in [7, 11) is 0. The Labute approximate surface area is 212 Å². The quantitative estimate of drug-likeness (QED) is 0.513. The molecule has 1 N–H and O–H groups in total. The molecule has 0 saturated heterocycles. The fraction of sp³-hybridized carbons (Fsp3) is 0.640. The predicted octanol–water partition coefficient (Wildman–Crippen LogP) is 4.44. The first kappa shape index (κ1) is 26.8. The summed E-state index contributed by atoms with van der Waals surface area (Å²) >= 11 is 1.52. The van der Waals surface area contributed by atoms with Crippen molar-refractivity contribution in [2.24, 2.45) is 5.92 Å². The lowest BCUT2D eigenvalue weighted by molar-refractivity contribution is -0.154. The number of nitrogens with zero attached hydrogens (tertiary/aromatic N) is 3. The summed E-state index contributed by atoms with van der Waals surface area (Å²) in [5.41, 5.74) is 1.69. The standard InChI is InChI=1S/C25H32F4N4O2S/c1-16-30-13-20(36-16)12-23(34)31-19-5-2-17(3-6-19)21(26)14-33-10-8-18-4-7-24(32-22(18)9-11-33)35-15-25(27,28)29/h4,7,13,17,19,21H,2-3,5-6,8-12,14-15H2,1H3,(H,31,34)/t17?,19?,21-/m0/s1. The third kappa shape index (κ3) is 7.86. The Morgan fingerprint density at radius 3 is 2.67 bits per heavy atom. The number of amides is 1. The largest absolute Gasteiger partial charge is 0.468 e. The molecule has 2 aromatic heterocycles. The first-order valence-corrected chi connectivity index (χ1v) is 13.2. The van der Waals surface area contributed by atoms with Crippen molar-refractivity contribution in [1.29, 1.82) is 0 Å². The van der Waals surface area contributed by atoms with Crippen molar-refractivity contribution < 1.29 is 27.1 Å². The van der Waals surface area contributed by atoms with Crippen molar-refractivity contribution in [2.45, 2.75) is 70.3 Å². The lowest BCUT2D eigenvalue weighted by atomic mass is 9.83. The van der Waals surface area contributed by atoms with Gasteiger partial charge in [0.25, 0.3) is 0 Å². The van der Waals surface area contributed by atoms with E-state index < -0.39 is 19.0 Å². The summed E-state index contributed by atoms with van der Waals surface area (Å²) in [4.78, 5) is 23.8. The molecule has 0 spiro atoms. The van der Waals surface area contributed by atoms with Crippen LogP contribution in [0.3, 0.4) is 0 Å².